The molecule has 1 saturated heterocycles. The molecule has 1 aromatic carbocycles. The molecule has 1 aliphatic rings. The number of likely N-dealkylation sites (tertiary alicyclic amines) is 1. The van der Waals surface area contributed by atoms with Gasteiger partial charge in [0.25, 0.3) is 0 Å². The molecule has 8 heteroatoms. The molecule has 1 amide bonds. The Bertz CT molecular complexity index is 614. The normalized spacial score (nSPS) is 18.6. The predicted molar refractivity (Wildman–Crippen MR) is 83.3 cm³/mol. The van der Waals surface area contributed by atoms with Gasteiger partial charge in [-0.2, -0.15) is 13.2 Å². The highest BCUT2D eigenvalue weighted by atomic mass is 35.5. The molecule has 0 spiro atoms. The summed E-state index contributed by atoms with van der Waals surface area (Å²) >= 11 is 5.81. The van der Waals surface area contributed by atoms with Gasteiger partial charge in [-0.15, -0.1) is 0 Å². The van der Waals surface area contributed by atoms with Crippen LogP contribution in [0.5, 0.6) is 5.75 Å². The molecular weight excluding hydrogens is 347 g/mol. The van der Waals surface area contributed by atoms with Crippen molar-refractivity contribution in [3.8, 4) is 5.75 Å². The van der Waals surface area contributed by atoms with Gasteiger partial charge in [0, 0.05) is 13.0 Å². The van der Waals surface area contributed by atoms with Crippen LogP contribution in [-0.4, -0.2) is 35.8 Å². The molecule has 1 fully saturated rings. The van der Waals surface area contributed by atoms with E-state index in [4.69, 9.17) is 21.1 Å². The number of carbonyl (C=O) groups is 1. The van der Waals surface area contributed by atoms with Gasteiger partial charge in [-0.1, -0.05) is 17.7 Å². The lowest BCUT2D eigenvalue weighted by atomic mass is 10.2. The SMILES string of the molecule is CC(C)(C)OC(=O)N1CCC(Oc2cccc(C(F)(F)F)c2Cl)C1. The van der Waals surface area contributed by atoms with Crippen LogP contribution in [0.15, 0.2) is 18.2 Å². The average Bonchev–Trinajstić information content (AvgIpc) is 2.86. The lowest BCUT2D eigenvalue weighted by molar-refractivity contribution is -0.137. The van der Waals surface area contributed by atoms with Crippen LogP contribution in [-0.2, 0) is 10.9 Å². The van der Waals surface area contributed by atoms with Gasteiger partial charge >= 0.3 is 12.3 Å². The number of halogens is 4. The number of rotatable bonds is 2. The Kier molecular flexibility index (Phi) is 5.22. The second kappa shape index (κ2) is 6.70. The van der Waals surface area contributed by atoms with Crippen molar-refractivity contribution < 1.29 is 27.4 Å². The number of carbonyl (C=O) groups excluding carboxylic acids is 1. The van der Waals surface area contributed by atoms with Gasteiger partial charge in [-0.05, 0) is 32.9 Å². The summed E-state index contributed by atoms with van der Waals surface area (Å²) in [6.45, 7) is 5.93. The summed E-state index contributed by atoms with van der Waals surface area (Å²) in [7, 11) is 0. The molecule has 0 aromatic heterocycles. The molecule has 1 aliphatic heterocycles. The largest absolute Gasteiger partial charge is 0.487 e. The van der Waals surface area contributed by atoms with E-state index < -0.39 is 34.6 Å². The summed E-state index contributed by atoms with van der Waals surface area (Å²) in [5, 5.41) is -0.472. The van der Waals surface area contributed by atoms with Gasteiger partial charge < -0.3 is 14.4 Å². The van der Waals surface area contributed by atoms with Crippen molar-refractivity contribution in [1.82, 2.24) is 4.90 Å². The minimum Gasteiger partial charge on any atom is -0.487 e. The van der Waals surface area contributed by atoms with Crippen molar-refractivity contribution in [2.24, 2.45) is 0 Å². The summed E-state index contributed by atoms with van der Waals surface area (Å²) in [6, 6.07) is 3.52. The predicted octanol–water partition coefficient (Wildman–Crippen LogP) is 4.75. The molecule has 1 atom stereocenters. The zero-order chi connectivity index (χ0) is 18.1. The van der Waals surface area contributed by atoms with Crippen LogP contribution in [0.2, 0.25) is 5.02 Å². The highest BCUT2D eigenvalue weighted by molar-refractivity contribution is 6.32. The number of ether oxygens (including phenoxy) is 2. The number of alkyl halides is 3. The van der Waals surface area contributed by atoms with E-state index in [0.29, 0.717) is 13.0 Å². The standard InChI is InChI=1S/C16H19ClF3NO3/c1-15(2,3)24-14(22)21-8-7-10(9-21)23-12-6-4-5-11(13(12)17)16(18,19)20/h4-6,10H,7-9H2,1-3H3. The fourth-order valence-electron chi connectivity index (χ4n) is 2.32. The van der Waals surface area contributed by atoms with Crippen LogP contribution in [0.1, 0.15) is 32.8 Å². The van der Waals surface area contributed by atoms with Crippen molar-refractivity contribution in [1.29, 1.82) is 0 Å². The fraction of sp³-hybridized carbons (Fsp3) is 0.562. The average molecular weight is 366 g/mol. The summed E-state index contributed by atoms with van der Waals surface area (Å²) in [5.74, 6) is -0.0393. The van der Waals surface area contributed by atoms with Gasteiger partial charge in [0.15, 0.2) is 0 Å². The van der Waals surface area contributed by atoms with E-state index in [0.717, 1.165) is 6.07 Å². The van der Waals surface area contributed by atoms with Crippen LogP contribution >= 0.6 is 11.6 Å². The van der Waals surface area contributed by atoms with Crippen LogP contribution in [0.3, 0.4) is 0 Å². The Balaban J connectivity index is 2.03. The maximum Gasteiger partial charge on any atom is 0.417 e. The number of amides is 1. The third kappa shape index (κ3) is 4.69. The summed E-state index contributed by atoms with van der Waals surface area (Å²) in [4.78, 5) is 13.5. The molecule has 24 heavy (non-hydrogen) atoms. The molecule has 1 unspecified atom stereocenters. The minimum atomic E-state index is -4.55. The molecule has 1 aromatic rings. The van der Waals surface area contributed by atoms with E-state index in [1.54, 1.807) is 20.8 Å². The van der Waals surface area contributed by atoms with Gasteiger partial charge in [0.2, 0.25) is 0 Å². The molecule has 0 radical (unpaired) electrons. The number of benzene rings is 1. The monoisotopic (exact) mass is 365 g/mol. The molecule has 1 heterocycles. The molecule has 4 nitrogen and oxygen atoms in total. The Morgan fingerprint density at radius 2 is 1.96 bits per heavy atom. The van der Waals surface area contributed by atoms with Crippen LogP contribution in [0, 0.1) is 0 Å². The number of hydrogen-bond acceptors (Lipinski definition) is 3. The van der Waals surface area contributed by atoms with E-state index >= 15 is 0 Å². The maximum atomic E-state index is 12.9. The number of hydrogen-bond donors (Lipinski definition) is 0. The Labute approximate surface area is 143 Å². The van der Waals surface area contributed by atoms with Crippen LogP contribution in [0.25, 0.3) is 0 Å². The Morgan fingerprint density at radius 1 is 1.29 bits per heavy atom. The Hall–Kier alpha value is -1.63. The lowest BCUT2D eigenvalue weighted by Crippen LogP contribution is -2.36. The summed E-state index contributed by atoms with van der Waals surface area (Å²) in [5.41, 5.74) is -1.55. The second-order valence-corrected chi connectivity index (χ2v) is 6.95. The van der Waals surface area contributed by atoms with E-state index in [-0.39, 0.29) is 12.3 Å². The fourth-order valence-corrected chi connectivity index (χ4v) is 2.59. The van der Waals surface area contributed by atoms with Crippen molar-refractivity contribution >= 4 is 17.7 Å². The van der Waals surface area contributed by atoms with Crippen molar-refractivity contribution in [3.63, 3.8) is 0 Å². The van der Waals surface area contributed by atoms with Gasteiger partial charge in [-0.3, -0.25) is 0 Å². The van der Waals surface area contributed by atoms with Crippen molar-refractivity contribution in [3.05, 3.63) is 28.8 Å². The van der Waals surface area contributed by atoms with E-state index in [1.807, 2.05) is 0 Å². The van der Waals surface area contributed by atoms with Gasteiger partial charge in [0.05, 0.1) is 17.1 Å². The highest BCUT2D eigenvalue weighted by Crippen LogP contribution is 2.39. The number of nitrogens with zero attached hydrogens (tertiary/aromatic N) is 1. The summed E-state index contributed by atoms with van der Waals surface area (Å²) in [6.07, 6.45) is -4.96. The first-order chi connectivity index (χ1) is 11.0. The minimum absolute atomic E-state index is 0.0393. The second-order valence-electron chi connectivity index (χ2n) is 6.57. The molecule has 0 aliphatic carbocycles. The van der Waals surface area contributed by atoms with Gasteiger partial charge in [0.1, 0.15) is 17.5 Å². The maximum absolute atomic E-state index is 12.9. The first-order valence-corrected chi connectivity index (χ1v) is 7.85. The van der Waals surface area contributed by atoms with E-state index in [1.165, 1.54) is 17.0 Å². The molecule has 2 rings (SSSR count). The zero-order valence-corrected chi connectivity index (χ0v) is 14.4. The van der Waals surface area contributed by atoms with E-state index in [9.17, 15) is 18.0 Å². The van der Waals surface area contributed by atoms with Gasteiger partial charge in [-0.25, -0.2) is 4.79 Å². The Morgan fingerprint density at radius 3 is 2.54 bits per heavy atom. The first-order valence-electron chi connectivity index (χ1n) is 7.47. The topological polar surface area (TPSA) is 38.8 Å². The molecule has 0 N–H and O–H groups in total. The molecular formula is C16H19ClF3NO3. The van der Waals surface area contributed by atoms with Crippen LogP contribution in [0.4, 0.5) is 18.0 Å². The third-order valence-electron chi connectivity index (χ3n) is 3.36. The third-order valence-corrected chi connectivity index (χ3v) is 3.75. The summed E-state index contributed by atoms with van der Waals surface area (Å²) < 4.78 is 49.4. The van der Waals surface area contributed by atoms with Crippen molar-refractivity contribution in [2.75, 3.05) is 13.1 Å². The van der Waals surface area contributed by atoms with E-state index in [2.05, 4.69) is 0 Å². The lowest BCUT2D eigenvalue weighted by Gasteiger charge is -2.24. The quantitative estimate of drug-likeness (QED) is 0.759. The zero-order valence-electron chi connectivity index (χ0n) is 13.6. The van der Waals surface area contributed by atoms with Crippen LogP contribution < -0.4 is 4.74 Å². The highest BCUT2D eigenvalue weighted by Gasteiger charge is 2.35. The smallest absolute Gasteiger partial charge is 0.417 e. The molecule has 134 valence electrons. The van der Waals surface area contributed by atoms with Crippen molar-refractivity contribution in [2.45, 2.75) is 45.1 Å². The molecule has 0 saturated carbocycles. The first kappa shape index (κ1) is 18.7. The molecule has 0 bridgehead atoms.